The molecule has 1 aromatic rings. The Balaban J connectivity index is 1.56. The molecule has 2 N–H and O–H groups in total. The van der Waals surface area contributed by atoms with Crippen LogP contribution in [0.2, 0.25) is 0 Å². The zero-order valence-corrected chi connectivity index (χ0v) is 14.3. The minimum Gasteiger partial charge on any atom is -0.372 e. The maximum Gasteiger partial charge on any atom is 0.249 e. The maximum absolute atomic E-state index is 11.8. The van der Waals surface area contributed by atoms with Gasteiger partial charge in [-0.2, -0.15) is 0 Å². The molecular formula is C17H25N5O2. The lowest BCUT2D eigenvalue weighted by Gasteiger charge is -2.37. The molecule has 2 aliphatic rings. The molecule has 2 aliphatic heterocycles. The number of hydrogen-bond donors (Lipinski definition) is 2. The van der Waals surface area contributed by atoms with Crippen LogP contribution in [-0.2, 0) is 9.59 Å². The number of carbonyl (C=O) groups excluding carboxylic acids is 2. The van der Waals surface area contributed by atoms with Gasteiger partial charge in [0.05, 0.1) is 11.9 Å². The molecule has 0 saturated carbocycles. The summed E-state index contributed by atoms with van der Waals surface area (Å²) in [5, 5.41) is 5.50. The molecule has 1 unspecified atom stereocenters. The normalized spacial score (nSPS) is 22.6. The number of pyridine rings is 1. The minimum absolute atomic E-state index is 0.202. The highest BCUT2D eigenvalue weighted by atomic mass is 16.2. The van der Waals surface area contributed by atoms with Gasteiger partial charge in [-0.05, 0) is 32.4 Å². The Morgan fingerprint density at radius 3 is 2.54 bits per heavy atom. The summed E-state index contributed by atoms with van der Waals surface area (Å²) < 4.78 is 0. The van der Waals surface area contributed by atoms with E-state index in [0.717, 1.165) is 37.7 Å². The first-order valence-electron chi connectivity index (χ1n) is 8.58. The van der Waals surface area contributed by atoms with Crippen LogP contribution in [0.3, 0.4) is 0 Å². The molecule has 2 saturated heterocycles. The van der Waals surface area contributed by atoms with Gasteiger partial charge in [0.25, 0.3) is 0 Å². The average molecular weight is 331 g/mol. The molecule has 0 aliphatic carbocycles. The molecule has 0 spiro atoms. The third-order valence-electron chi connectivity index (χ3n) is 4.70. The number of aromatic nitrogens is 1. The SMILES string of the molecule is CC(C)N1CCN(c2ccc(NC3CCC(=O)NC3=O)cn2)CC1. The molecule has 0 aromatic carbocycles. The summed E-state index contributed by atoms with van der Waals surface area (Å²) in [6, 6.07) is 4.14. The Morgan fingerprint density at radius 2 is 1.96 bits per heavy atom. The van der Waals surface area contributed by atoms with Crippen LogP contribution in [0.1, 0.15) is 26.7 Å². The van der Waals surface area contributed by atoms with Crippen LogP contribution < -0.4 is 15.5 Å². The summed E-state index contributed by atoms with van der Waals surface area (Å²) in [5.74, 6) is 0.499. The number of carbonyl (C=O) groups is 2. The van der Waals surface area contributed by atoms with Crippen molar-refractivity contribution in [3.8, 4) is 0 Å². The Bertz CT molecular complexity index is 594. The van der Waals surface area contributed by atoms with Gasteiger partial charge in [0.1, 0.15) is 11.9 Å². The Labute approximate surface area is 142 Å². The number of nitrogens with one attached hydrogen (secondary N) is 2. The van der Waals surface area contributed by atoms with E-state index < -0.39 is 0 Å². The maximum atomic E-state index is 11.8. The summed E-state index contributed by atoms with van der Waals surface area (Å²) in [6.07, 6.45) is 2.65. The van der Waals surface area contributed by atoms with Crippen LogP contribution in [-0.4, -0.2) is 60.0 Å². The zero-order chi connectivity index (χ0) is 17.1. The van der Waals surface area contributed by atoms with E-state index in [4.69, 9.17) is 0 Å². The Morgan fingerprint density at radius 1 is 1.21 bits per heavy atom. The second kappa shape index (κ2) is 7.17. The molecule has 2 fully saturated rings. The molecule has 3 rings (SSSR count). The second-order valence-corrected chi connectivity index (χ2v) is 6.67. The van der Waals surface area contributed by atoms with Gasteiger partial charge in [0, 0.05) is 38.6 Å². The van der Waals surface area contributed by atoms with Gasteiger partial charge < -0.3 is 10.2 Å². The molecule has 1 atom stereocenters. The van der Waals surface area contributed by atoms with Crippen molar-refractivity contribution in [2.75, 3.05) is 36.4 Å². The number of rotatable bonds is 4. The number of amides is 2. The first-order valence-corrected chi connectivity index (χ1v) is 8.58. The molecule has 7 nitrogen and oxygen atoms in total. The average Bonchev–Trinajstić information content (AvgIpc) is 2.58. The second-order valence-electron chi connectivity index (χ2n) is 6.67. The first kappa shape index (κ1) is 16.7. The quantitative estimate of drug-likeness (QED) is 0.796. The topological polar surface area (TPSA) is 77.6 Å². The van der Waals surface area contributed by atoms with E-state index in [2.05, 4.69) is 39.3 Å². The lowest BCUT2D eigenvalue weighted by molar-refractivity contribution is -0.133. The fourth-order valence-corrected chi connectivity index (χ4v) is 3.16. The fraction of sp³-hybridized carbons (Fsp3) is 0.588. The smallest absolute Gasteiger partial charge is 0.249 e. The summed E-state index contributed by atoms with van der Waals surface area (Å²) in [6.45, 7) is 8.51. The highest BCUT2D eigenvalue weighted by Crippen LogP contribution is 2.18. The lowest BCUT2D eigenvalue weighted by Crippen LogP contribution is -2.49. The first-order chi connectivity index (χ1) is 11.5. The van der Waals surface area contributed by atoms with Crippen LogP contribution >= 0.6 is 0 Å². The predicted octanol–water partition coefficient (Wildman–Crippen LogP) is 0.829. The van der Waals surface area contributed by atoms with Crippen molar-refractivity contribution in [3.63, 3.8) is 0 Å². The van der Waals surface area contributed by atoms with E-state index in [1.165, 1.54) is 0 Å². The fourth-order valence-electron chi connectivity index (χ4n) is 3.16. The van der Waals surface area contributed by atoms with Gasteiger partial charge in [-0.15, -0.1) is 0 Å². The Kier molecular flexibility index (Phi) is 4.99. The molecule has 24 heavy (non-hydrogen) atoms. The van der Waals surface area contributed by atoms with Crippen LogP contribution in [0.5, 0.6) is 0 Å². The van der Waals surface area contributed by atoms with Gasteiger partial charge in [-0.3, -0.25) is 19.8 Å². The van der Waals surface area contributed by atoms with Crippen molar-refractivity contribution < 1.29 is 9.59 Å². The third-order valence-corrected chi connectivity index (χ3v) is 4.70. The van der Waals surface area contributed by atoms with Crippen LogP contribution in [0.15, 0.2) is 18.3 Å². The van der Waals surface area contributed by atoms with Gasteiger partial charge in [0.2, 0.25) is 11.8 Å². The number of piperidine rings is 1. The lowest BCUT2D eigenvalue weighted by atomic mass is 10.1. The van der Waals surface area contributed by atoms with Crippen molar-refractivity contribution in [3.05, 3.63) is 18.3 Å². The highest BCUT2D eigenvalue weighted by Gasteiger charge is 2.26. The monoisotopic (exact) mass is 331 g/mol. The molecule has 0 radical (unpaired) electrons. The number of hydrogen-bond acceptors (Lipinski definition) is 6. The van der Waals surface area contributed by atoms with Crippen molar-refractivity contribution in [2.24, 2.45) is 0 Å². The molecule has 2 amide bonds. The molecule has 1 aromatic heterocycles. The summed E-state index contributed by atoms with van der Waals surface area (Å²) >= 11 is 0. The van der Waals surface area contributed by atoms with Crippen molar-refractivity contribution >= 4 is 23.3 Å². The van der Waals surface area contributed by atoms with Crippen LogP contribution in [0.4, 0.5) is 11.5 Å². The standard InChI is InChI=1S/C17H25N5O2/c1-12(2)21-7-9-22(10-8-21)15-5-3-13(11-18-15)19-14-4-6-16(23)20-17(14)24/h3,5,11-12,14,19H,4,6-10H2,1-2H3,(H,20,23,24). The van der Waals surface area contributed by atoms with Crippen LogP contribution in [0, 0.1) is 0 Å². The van der Waals surface area contributed by atoms with E-state index in [1.54, 1.807) is 6.20 Å². The number of nitrogens with zero attached hydrogens (tertiary/aromatic N) is 3. The number of imide groups is 1. The molecular weight excluding hydrogens is 306 g/mol. The summed E-state index contributed by atoms with van der Waals surface area (Å²) in [5.41, 5.74) is 0.800. The third kappa shape index (κ3) is 3.84. The largest absolute Gasteiger partial charge is 0.372 e. The van der Waals surface area contributed by atoms with E-state index >= 15 is 0 Å². The molecule has 7 heteroatoms. The van der Waals surface area contributed by atoms with E-state index in [0.29, 0.717) is 18.9 Å². The Hall–Kier alpha value is -2.15. The van der Waals surface area contributed by atoms with Crippen molar-refractivity contribution in [1.29, 1.82) is 0 Å². The van der Waals surface area contributed by atoms with Gasteiger partial charge in [0.15, 0.2) is 0 Å². The number of piperazine rings is 1. The van der Waals surface area contributed by atoms with Gasteiger partial charge >= 0.3 is 0 Å². The van der Waals surface area contributed by atoms with Crippen molar-refractivity contribution in [2.45, 2.75) is 38.8 Å². The molecule has 3 heterocycles. The van der Waals surface area contributed by atoms with Gasteiger partial charge in [-0.1, -0.05) is 0 Å². The zero-order valence-electron chi connectivity index (χ0n) is 14.3. The van der Waals surface area contributed by atoms with Crippen LogP contribution in [0.25, 0.3) is 0 Å². The highest BCUT2D eigenvalue weighted by molar-refractivity contribution is 6.01. The molecule has 130 valence electrons. The number of anilines is 2. The minimum atomic E-state index is -0.370. The van der Waals surface area contributed by atoms with Gasteiger partial charge in [-0.25, -0.2) is 4.98 Å². The van der Waals surface area contributed by atoms with E-state index in [1.807, 2.05) is 12.1 Å². The van der Waals surface area contributed by atoms with Crippen molar-refractivity contribution in [1.82, 2.24) is 15.2 Å². The summed E-state index contributed by atoms with van der Waals surface area (Å²) in [7, 11) is 0. The predicted molar refractivity (Wildman–Crippen MR) is 93.0 cm³/mol. The van der Waals surface area contributed by atoms with E-state index in [-0.39, 0.29) is 17.9 Å². The summed E-state index contributed by atoms with van der Waals surface area (Å²) in [4.78, 5) is 32.2. The molecule has 0 bridgehead atoms. The van der Waals surface area contributed by atoms with E-state index in [9.17, 15) is 9.59 Å².